The number of nitrogens with zero attached hydrogens (tertiary/aromatic N) is 2. The first kappa shape index (κ1) is 19.5. The van der Waals surface area contributed by atoms with Gasteiger partial charge in [0.15, 0.2) is 0 Å². The van der Waals surface area contributed by atoms with Crippen molar-refractivity contribution in [3.05, 3.63) is 52.5 Å². The highest BCUT2D eigenvalue weighted by molar-refractivity contribution is 9.10. The van der Waals surface area contributed by atoms with E-state index in [0.717, 1.165) is 10.0 Å². The van der Waals surface area contributed by atoms with E-state index in [9.17, 15) is 5.26 Å². The number of nitriles is 1. The Morgan fingerprint density at radius 1 is 0.929 bits per heavy atom. The molecule has 0 aliphatic heterocycles. The van der Waals surface area contributed by atoms with E-state index >= 15 is 0 Å². The molecule has 6 nitrogen and oxygen atoms in total. The number of ether oxygens (including phenoxy) is 3. The highest BCUT2D eigenvalue weighted by atomic mass is 79.9. The molecule has 0 unspecified atom stereocenters. The minimum absolute atomic E-state index is 0.145. The van der Waals surface area contributed by atoms with Crippen LogP contribution in [0.3, 0.4) is 0 Å². The molecular weight excluding hydrogens is 422 g/mol. The number of nitrogens with two attached hydrogens (primary N) is 1. The number of aromatic nitrogens is 1. The zero-order valence-electron chi connectivity index (χ0n) is 15.6. The number of halogens is 1. The lowest BCUT2D eigenvalue weighted by Gasteiger charge is -2.14. The lowest BCUT2D eigenvalue weighted by atomic mass is 9.98. The molecule has 0 saturated carbocycles. The van der Waals surface area contributed by atoms with Gasteiger partial charge < -0.3 is 19.9 Å². The summed E-state index contributed by atoms with van der Waals surface area (Å²) in [6.45, 7) is 0. The Bertz CT molecular complexity index is 1080. The second kappa shape index (κ2) is 8.19. The average Bonchev–Trinajstić information content (AvgIpc) is 2.72. The van der Waals surface area contributed by atoms with Crippen LogP contribution in [-0.2, 0) is 0 Å². The maximum Gasteiger partial charge on any atom is 0.142 e. The van der Waals surface area contributed by atoms with E-state index in [1.807, 2.05) is 30.3 Å². The van der Waals surface area contributed by atoms with Crippen molar-refractivity contribution in [2.24, 2.45) is 0 Å². The van der Waals surface area contributed by atoms with E-state index in [4.69, 9.17) is 19.9 Å². The molecule has 28 heavy (non-hydrogen) atoms. The lowest BCUT2D eigenvalue weighted by Crippen LogP contribution is -2.01. The summed E-state index contributed by atoms with van der Waals surface area (Å²) >= 11 is 3.48. The number of benzene rings is 2. The lowest BCUT2D eigenvalue weighted by molar-refractivity contribution is 0.404. The fourth-order valence-electron chi connectivity index (χ4n) is 2.90. The number of methoxy groups -OCH3 is 3. The third-order valence-electron chi connectivity index (χ3n) is 4.30. The Balaban J connectivity index is 2.25. The van der Waals surface area contributed by atoms with Crippen molar-refractivity contribution in [3.63, 3.8) is 0 Å². The highest BCUT2D eigenvalue weighted by Crippen LogP contribution is 2.38. The first-order valence-electron chi connectivity index (χ1n) is 8.29. The smallest absolute Gasteiger partial charge is 0.142 e. The van der Waals surface area contributed by atoms with Crippen molar-refractivity contribution in [1.82, 2.24) is 4.98 Å². The van der Waals surface area contributed by atoms with Crippen molar-refractivity contribution in [1.29, 1.82) is 5.26 Å². The van der Waals surface area contributed by atoms with Crippen LogP contribution in [0.2, 0.25) is 0 Å². The van der Waals surface area contributed by atoms with Gasteiger partial charge in [0.25, 0.3) is 0 Å². The Morgan fingerprint density at radius 3 is 2.25 bits per heavy atom. The minimum Gasteiger partial charge on any atom is -0.497 e. The van der Waals surface area contributed by atoms with Crippen LogP contribution in [0.4, 0.5) is 5.82 Å². The van der Waals surface area contributed by atoms with Gasteiger partial charge >= 0.3 is 0 Å². The molecule has 0 bridgehead atoms. The predicted molar refractivity (Wildman–Crippen MR) is 112 cm³/mol. The Kier molecular flexibility index (Phi) is 5.71. The third kappa shape index (κ3) is 3.59. The summed E-state index contributed by atoms with van der Waals surface area (Å²) in [7, 11) is 4.77. The largest absolute Gasteiger partial charge is 0.497 e. The molecular formula is C21H18BrN3O3. The summed E-state index contributed by atoms with van der Waals surface area (Å²) in [6.07, 6.45) is 0. The Hall–Kier alpha value is -3.24. The Labute approximate surface area is 171 Å². The molecule has 0 fully saturated rings. The van der Waals surface area contributed by atoms with E-state index in [0.29, 0.717) is 39.6 Å². The zero-order valence-corrected chi connectivity index (χ0v) is 17.2. The van der Waals surface area contributed by atoms with E-state index in [1.165, 1.54) is 0 Å². The van der Waals surface area contributed by atoms with Crippen molar-refractivity contribution >= 4 is 21.7 Å². The van der Waals surface area contributed by atoms with Gasteiger partial charge in [0, 0.05) is 11.1 Å². The van der Waals surface area contributed by atoms with E-state index in [-0.39, 0.29) is 5.82 Å². The van der Waals surface area contributed by atoms with Gasteiger partial charge in [-0.25, -0.2) is 4.98 Å². The number of pyridine rings is 1. The summed E-state index contributed by atoms with van der Waals surface area (Å²) in [4.78, 5) is 4.42. The van der Waals surface area contributed by atoms with E-state index in [1.54, 1.807) is 33.5 Å². The topological polar surface area (TPSA) is 90.4 Å². The van der Waals surface area contributed by atoms with Gasteiger partial charge in [-0.15, -0.1) is 0 Å². The van der Waals surface area contributed by atoms with Gasteiger partial charge in [0.05, 0.1) is 31.5 Å². The molecule has 0 aliphatic rings. The van der Waals surface area contributed by atoms with Crippen LogP contribution in [0.15, 0.2) is 46.9 Å². The molecule has 0 spiro atoms. The van der Waals surface area contributed by atoms with Crippen LogP contribution in [0.25, 0.3) is 22.4 Å². The fraction of sp³-hybridized carbons (Fsp3) is 0.143. The minimum atomic E-state index is 0.145. The van der Waals surface area contributed by atoms with Crippen LogP contribution in [-0.4, -0.2) is 26.3 Å². The third-order valence-corrected chi connectivity index (χ3v) is 4.92. The molecule has 7 heteroatoms. The summed E-state index contributed by atoms with van der Waals surface area (Å²) in [5.74, 6) is 2.12. The van der Waals surface area contributed by atoms with Crippen LogP contribution < -0.4 is 19.9 Å². The number of nitrogen functional groups attached to an aromatic ring is 1. The van der Waals surface area contributed by atoms with E-state index < -0.39 is 0 Å². The first-order chi connectivity index (χ1) is 13.5. The van der Waals surface area contributed by atoms with E-state index in [2.05, 4.69) is 27.0 Å². The maximum absolute atomic E-state index is 9.62. The molecule has 0 amide bonds. The molecule has 142 valence electrons. The van der Waals surface area contributed by atoms with Gasteiger partial charge in [-0.1, -0.05) is 6.07 Å². The van der Waals surface area contributed by atoms with Gasteiger partial charge in [-0.2, -0.15) is 5.26 Å². The number of hydrogen-bond acceptors (Lipinski definition) is 6. The molecule has 0 atom stereocenters. The number of anilines is 1. The van der Waals surface area contributed by atoms with Gasteiger partial charge in [0.2, 0.25) is 0 Å². The van der Waals surface area contributed by atoms with Gasteiger partial charge in [-0.3, -0.25) is 0 Å². The maximum atomic E-state index is 9.62. The SMILES string of the molecule is COc1ccc(OC)c(-c2cc(-c3ccc(OC)c(Br)c3)c(C#N)c(N)n2)c1. The Morgan fingerprint density at radius 2 is 1.64 bits per heavy atom. The molecule has 3 aromatic rings. The second-order valence-electron chi connectivity index (χ2n) is 5.84. The molecule has 3 rings (SSSR count). The molecule has 2 aromatic carbocycles. The normalized spacial score (nSPS) is 10.2. The zero-order chi connectivity index (χ0) is 20.3. The monoisotopic (exact) mass is 439 g/mol. The van der Waals surface area contributed by atoms with Crippen molar-refractivity contribution in [2.45, 2.75) is 0 Å². The molecule has 0 aliphatic carbocycles. The number of rotatable bonds is 5. The summed E-state index contributed by atoms with van der Waals surface area (Å²) in [5, 5.41) is 9.62. The first-order valence-corrected chi connectivity index (χ1v) is 9.08. The second-order valence-corrected chi connectivity index (χ2v) is 6.70. The average molecular weight is 440 g/mol. The molecule has 0 saturated heterocycles. The quantitative estimate of drug-likeness (QED) is 0.621. The fourth-order valence-corrected chi connectivity index (χ4v) is 3.44. The standard InChI is InChI=1S/C21H18BrN3O3/c1-26-13-5-7-19(27-2)15(9-13)18-10-14(16(11-23)21(24)25-18)12-4-6-20(28-3)17(22)8-12/h4-10H,1-3H3,(H2,24,25). The summed E-state index contributed by atoms with van der Waals surface area (Å²) in [6, 6.07) is 15.0. The van der Waals surface area contributed by atoms with Gasteiger partial charge in [-0.05, 0) is 57.9 Å². The predicted octanol–water partition coefficient (Wildman–Crippen LogP) is 4.66. The van der Waals surface area contributed by atoms with Crippen molar-refractivity contribution in [3.8, 4) is 45.7 Å². The number of hydrogen-bond donors (Lipinski definition) is 1. The van der Waals surface area contributed by atoms with Crippen LogP contribution >= 0.6 is 15.9 Å². The highest BCUT2D eigenvalue weighted by Gasteiger charge is 2.17. The van der Waals surface area contributed by atoms with Crippen LogP contribution in [0.1, 0.15) is 5.56 Å². The van der Waals surface area contributed by atoms with Crippen LogP contribution in [0, 0.1) is 11.3 Å². The molecule has 1 aromatic heterocycles. The molecule has 2 N–H and O–H groups in total. The van der Waals surface area contributed by atoms with Crippen LogP contribution in [0.5, 0.6) is 17.2 Å². The van der Waals surface area contributed by atoms with Crippen molar-refractivity contribution in [2.75, 3.05) is 27.1 Å². The molecule has 1 heterocycles. The summed E-state index contributed by atoms with van der Waals surface area (Å²) in [5.41, 5.74) is 9.19. The van der Waals surface area contributed by atoms with Crippen molar-refractivity contribution < 1.29 is 14.2 Å². The summed E-state index contributed by atoms with van der Waals surface area (Å²) < 4.78 is 16.8. The van der Waals surface area contributed by atoms with Gasteiger partial charge in [0.1, 0.15) is 34.7 Å². The molecule has 0 radical (unpaired) electrons.